The highest BCUT2D eigenvalue weighted by Crippen LogP contribution is 2.28. The molecule has 3 heteroatoms. The molecule has 1 unspecified atom stereocenters. The quantitative estimate of drug-likeness (QED) is 0.567. The molecule has 0 heterocycles. The average molecular weight is 249 g/mol. The minimum absolute atomic E-state index is 0.353. The lowest BCUT2D eigenvalue weighted by Gasteiger charge is -2.14. The third kappa shape index (κ3) is 4.31. The standard InChI is InChI=1S/C15H23NO2/c1-3-16-12(2)14-5-4-6-15(9-14)18-11-17-10-13-7-8-13/h4-6,9,12-13,16H,3,7-8,10-11H2,1-2H3. The zero-order valence-electron chi connectivity index (χ0n) is 11.3. The molecule has 1 fully saturated rings. The molecule has 100 valence electrons. The van der Waals surface area contributed by atoms with E-state index in [1.807, 2.05) is 12.1 Å². The fourth-order valence-electron chi connectivity index (χ4n) is 1.91. The van der Waals surface area contributed by atoms with Gasteiger partial charge in [0, 0.05) is 6.04 Å². The Balaban J connectivity index is 1.78. The van der Waals surface area contributed by atoms with Crippen LogP contribution < -0.4 is 10.1 Å². The van der Waals surface area contributed by atoms with Gasteiger partial charge in [0.25, 0.3) is 0 Å². The summed E-state index contributed by atoms with van der Waals surface area (Å²) in [4.78, 5) is 0. The molecule has 0 radical (unpaired) electrons. The number of ether oxygens (including phenoxy) is 2. The third-order valence-corrected chi connectivity index (χ3v) is 3.23. The van der Waals surface area contributed by atoms with E-state index in [2.05, 4.69) is 31.3 Å². The maximum Gasteiger partial charge on any atom is 0.189 e. The zero-order valence-corrected chi connectivity index (χ0v) is 11.3. The van der Waals surface area contributed by atoms with E-state index in [4.69, 9.17) is 9.47 Å². The topological polar surface area (TPSA) is 30.5 Å². The van der Waals surface area contributed by atoms with Crippen molar-refractivity contribution >= 4 is 0 Å². The molecule has 1 atom stereocenters. The van der Waals surface area contributed by atoms with Crippen molar-refractivity contribution in [3.05, 3.63) is 29.8 Å². The van der Waals surface area contributed by atoms with Crippen molar-refractivity contribution in [3.8, 4) is 5.75 Å². The maximum absolute atomic E-state index is 5.60. The molecule has 3 nitrogen and oxygen atoms in total. The summed E-state index contributed by atoms with van der Waals surface area (Å²) in [7, 11) is 0. The predicted molar refractivity (Wildman–Crippen MR) is 72.7 cm³/mol. The second kappa shape index (κ2) is 6.76. The van der Waals surface area contributed by atoms with Crippen LogP contribution in [0.15, 0.2) is 24.3 Å². The van der Waals surface area contributed by atoms with Crippen LogP contribution in [0.1, 0.15) is 38.3 Å². The van der Waals surface area contributed by atoms with Gasteiger partial charge in [-0.2, -0.15) is 0 Å². The van der Waals surface area contributed by atoms with Gasteiger partial charge >= 0.3 is 0 Å². The van der Waals surface area contributed by atoms with Gasteiger partial charge in [-0.05, 0) is 49.9 Å². The fourth-order valence-corrected chi connectivity index (χ4v) is 1.91. The molecule has 1 aromatic rings. The molecular weight excluding hydrogens is 226 g/mol. The smallest absolute Gasteiger partial charge is 0.189 e. The summed E-state index contributed by atoms with van der Waals surface area (Å²) in [6.07, 6.45) is 2.63. The largest absolute Gasteiger partial charge is 0.468 e. The number of benzene rings is 1. The van der Waals surface area contributed by atoms with E-state index < -0.39 is 0 Å². The van der Waals surface area contributed by atoms with E-state index >= 15 is 0 Å². The highest BCUT2D eigenvalue weighted by molar-refractivity contribution is 5.30. The molecule has 0 aliphatic heterocycles. The molecule has 1 aromatic carbocycles. The molecule has 0 aromatic heterocycles. The van der Waals surface area contributed by atoms with Gasteiger partial charge in [-0.3, -0.25) is 0 Å². The summed E-state index contributed by atoms with van der Waals surface area (Å²) in [5.41, 5.74) is 1.25. The van der Waals surface area contributed by atoms with E-state index in [9.17, 15) is 0 Å². The van der Waals surface area contributed by atoms with Gasteiger partial charge in [-0.15, -0.1) is 0 Å². The van der Waals surface area contributed by atoms with Gasteiger partial charge in [-0.1, -0.05) is 19.1 Å². The third-order valence-electron chi connectivity index (χ3n) is 3.23. The summed E-state index contributed by atoms with van der Waals surface area (Å²) < 4.78 is 11.1. The first-order chi connectivity index (χ1) is 8.79. The Hall–Kier alpha value is -1.06. The van der Waals surface area contributed by atoms with Crippen LogP contribution >= 0.6 is 0 Å². The first-order valence-corrected chi connectivity index (χ1v) is 6.83. The Labute approximate surface area is 109 Å². The van der Waals surface area contributed by atoms with E-state index in [-0.39, 0.29) is 0 Å². The van der Waals surface area contributed by atoms with Gasteiger partial charge in [0.05, 0.1) is 6.61 Å². The van der Waals surface area contributed by atoms with Crippen LogP contribution in [0.4, 0.5) is 0 Å². The van der Waals surface area contributed by atoms with Crippen molar-refractivity contribution in [2.24, 2.45) is 5.92 Å². The molecule has 1 saturated carbocycles. The van der Waals surface area contributed by atoms with Gasteiger partial charge in [0.15, 0.2) is 6.79 Å². The molecule has 1 N–H and O–H groups in total. The molecule has 1 aliphatic rings. The zero-order chi connectivity index (χ0) is 12.8. The lowest BCUT2D eigenvalue weighted by atomic mass is 10.1. The van der Waals surface area contributed by atoms with Crippen LogP contribution in [0.25, 0.3) is 0 Å². The van der Waals surface area contributed by atoms with Crippen LogP contribution in [-0.4, -0.2) is 19.9 Å². The first-order valence-electron chi connectivity index (χ1n) is 6.83. The van der Waals surface area contributed by atoms with Crippen molar-refractivity contribution < 1.29 is 9.47 Å². The Morgan fingerprint density at radius 3 is 2.94 bits per heavy atom. The minimum atomic E-state index is 0.353. The van der Waals surface area contributed by atoms with Crippen molar-refractivity contribution in [1.82, 2.24) is 5.32 Å². The van der Waals surface area contributed by atoms with Crippen molar-refractivity contribution in [3.63, 3.8) is 0 Å². The summed E-state index contributed by atoms with van der Waals surface area (Å²) in [6, 6.07) is 8.55. The highest BCUT2D eigenvalue weighted by Gasteiger charge is 2.21. The number of nitrogens with one attached hydrogen (secondary N) is 1. The van der Waals surface area contributed by atoms with Gasteiger partial charge in [-0.25, -0.2) is 0 Å². The highest BCUT2D eigenvalue weighted by atomic mass is 16.7. The molecule has 0 spiro atoms. The molecule has 2 rings (SSSR count). The van der Waals surface area contributed by atoms with Crippen LogP contribution in [0.2, 0.25) is 0 Å². The van der Waals surface area contributed by atoms with E-state index in [1.165, 1.54) is 18.4 Å². The molecule has 1 aliphatic carbocycles. The number of hydrogen-bond donors (Lipinski definition) is 1. The summed E-state index contributed by atoms with van der Waals surface area (Å²) >= 11 is 0. The summed E-state index contributed by atoms with van der Waals surface area (Å²) in [5, 5.41) is 3.39. The Bertz CT molecular complexity index is 363. The maximum atomic E-state index is 5.60. The predicted octanol–water partition coefficient (Wildman–Crippen LogP) is 3.12. The lowest BCUT2D eigenvalue weighted by molar-refractivity contribution is 0.00993. The average Bonchev–Trinajstić information content (AvgIpc) is 3.19. The fraction of sp³-hybridized carbons (Fsp3) is 0.600. The minimum Gasteiger partial charge on any atom is -0.468 e. The first kappa shape index (κ1) is 13.4. The molecule has 0 amide bonds. The number of rotatable bonds is 8. The summed E-state index contributed by atoms with van der Waals surface area (Å²) in [6.45, 7) is 6.44. The van der Waals surface area contributed by atoms with Gasteiger partial charge < -0.3 is 14.8 Å². The van der Waals surface area contributed by atoms with E-state index in [0.29, 0.717) is 12.8 Å². The SMILES string of the molecule is CCNC(C)c1cccc(OCOCC2CC2)c1. The van der Waals surface area contributed by atoms with Crippen molar-refractivity contribution in [1.29, 1.82) is 0 Å². The molecule has 0 bridgehead atoms. The van der Waals surface area contributed by atoms with Crippen LogP contribution in [0.3, 0.4) is 0 Å². The van der Waals surface area contributed by atoms with Crippen LogP contribution in [0, 0.1) is 5.92 Å². The van der Waals surface area contributed by atoms with Crippen LogP contribution in [0.5, 0.6) is 5.75 Å². The van der Waals surface area contributed by atoms with E-state index in [0.717, 1.165) is 24.8 Å². The number of hydrogen-bond acceptors (Lipinski definition) is 3. The molecular formula is C15H23NO2. The normalized spacial score (nSPS) is 16.6. The Kier molecular flexibility index (Phi) is 5.02. The van der Waals surface area contributed by atoms with E-state index in [1.54, 1.807) is 0 Å². The molecule has 0 saturated heterocycles. The Morgan fingerprint density at radius 2 is 2.22 bits per heavy atom. The Morgan fingerprint density at radius 1 is 1.39 bits per heavy atom. The second-order valence-electron chi connectivity index (χ2n) is 4.93. The second-order valence-corrected chi connectivity index (χ2v) is 4.93. The van der Waals surface area contributed by atoms with Gasteiger partial charge in [0.1, 0.15) is 5.75 Å². The summed E-state index contributed by atoms with van der Waals surface area (Å²) in [5.74, 6) is 1.67. The van der Waals surface area contributed by atoms with Crippen LogP contribution in [-0.2, 0) is 4.74 Å². The van der Waals surface area contributed by atoms with Crippen molar-refractivity contribution in [2.75, 3.05) is 19.9 Å². The monoisotopic (exact) mass is 249 g/mol. The van der Waals surface area contributed by atoms with Gasteiger partial charge in [0.2, 0.25) is 0 Å². The lowest BCUT2D eigenvalue weighted by Crippen LogP contribution is -2.17. The molecule has 18 heavy (non-hydrogen) atoms. The van der Waals surface area contributed by atoms with Crippen molar-refractivity contribution in [2.45, 2.75) is 32.7 Å².